The molecule has 0 radical (unpaired) electrons. The maximum atomic E-state index is 6.48. The van der Waals surface area contributed by atoms with E-state index in [9.17, 15) is 0 Å². The number of furan rings is 2. The molecular weight excluding hydrogens is 550 g/mol. The number of hydrogen-bond acceptors (Lipinski definition) is 7. The minimum absolute atomic E-state index is 0.416. The molecule has 0 aliphatic carbocycles. The SMILES string of the molecule is c1ccc(-c2nc(-n3c4ccncc4c4c5ccccc5oc43)nc(-n3c4ccncc4c4c5ccccc5oc43)n2)cc1. The number of benzene rings is 3. The summed E-state index contributed by atoms with van der Waals surface area (Å²) in [5.74, 6) is 1.35. The van der Waals surface area contributed by atoms with Crippen molar-refractivity contribution in [2.75, 3.05) is 0 Å². The highest BCUT2D eigenvalue weighted by atomic mass is 16.3. The Bertz CT molecular complexity index is 2570. The molecule has 0 fully saturated rings. The van der Waals surface area contributed by atoms with E-state index in [0.717, 1.165) is 60.1 Å². The van der Waals surface area contributed by atoms with E-state index in [1.54, 1.807) is 12.4 Å². The summed E-state index contributed by atoms with van der Waals surface area (Å²) in [5, 5.41) is 5.84. The summed E-state index contributed by atoms with van der Waals surface area (Å²) >= 11 is 0. The van der Waals surface area contributed by atoms with Crippen LogP contribution in [0.15, 0.2) is 125 Å². The molecule has 7 heterocycles. The molecular formula is C35H19N7O2. The van der Waals surface area contributed by atoms with Gasteiger partial charge < -0.3 is 8.83 Å². The zero-order chi connectivity index (χ0) is 28.8. The largest absolute Gasteiger partial charge is 0.439 e. The quantitative estimate of drug-likeness (QED) is 0.212. The molecule has 0 saturated heterocycles. The van der Waals surface area contributed by atoms with Crippen LogP contribution in [0.2, 0.25) is 0 Å². The fraction of sp³-hybridized carbons (Fsp3) is 0. The van der Waals surface area contributed by atoms with Crippen LogP contribution in [0.25, 0.3) is 89.2 Å². The molecule has 3 aromatic carbocycles. The van der Waals surface area contributed by atoms with E-state index in [4.69, 9.17) is 23.8 Å². The monoisotopic (exact) mass is 569 g/mol. The summed E-state index contributed by atoms with van der Waals surface area (Å²) in [7, 11) is 0. The van der Waals surface area contributed by atoms with Crippen molar-refractivity contribution in [2.24, 2.45) is 0 Å². The molecule has 0 spiro atoms. The second-order valence-electron chi connectivity index (χ2n) is 10.6. The Labute approximate surface area is 247 Å². The van der Waals surface area contributed by atoms with Gasteiger partial charge in [0.2, 0.25) is 23.3 Å². The smallest absolute Gasteiger partial charge is 0.242 e. The fourth-order valence-corrected chi connectivity index (χ4v) is 6.34. The van der Waals surface area contributed by atoms with E-state index >= 15 is 0 Å². The van der Waals surface area contributed by atoms with Gasteiger partial charge in [0.1, 0.15) is 11.2 Å². The summed E-state index contributed by atoms with van der Waals surface area (Å²) in [6.07, 6.45) is 7.26. The van der Waals surface area contributed by atoms with Crippen LogP contribution < -0.4 is 0 Å². The first kappa shape index (κ1) is 23.2. The zero-order valence-corrected chi connectivity index (χ0v) is 22.9. The lowest BCUT2D eigenvalue weighted by Crippen LogP contribution is -2.10. The summed E-state index contributed by atoms with van der Waals surface area (Å²) in [4.78, 5) is 24.1. The number of nitrogens with zero attached hydrogens (tertiary/aromatic N) is 7. The average molecular weight is 570 g/mol. The first-order chi connectivity index (χ1) is 21.8. The Hall–Kier alpha value is -6.35. The van der Waals surface area contributed by atoms with Gasteiger partial charge in [0.15, 0.2) is 5.82 Å². The molecule has 206 valence electrons. The first-order valence-corrected chi connectivity index (χ1v) is 14.2. The van der Waals surface area contributed by atoms with Crippen LogP contribution in [0.4, 0.5) is 0 Å². The molecule has 0 atom stereocenters. The Balaban J connectivity index is 1.35. The highest BCUT2D eigenvalue weighted by Crippen LogP contribution is 2.40. The number of para-hydroxylation sites is 2. The highest BCUT2D eigenvalue weighted by Gasteiger charge is 2.25. The molecule has 44 heavy (non-hydrogen) atoms. The third kappa shape index (κ3) is 3.09. The van der Waals surface area contributed by atoms with Crippen molar-refractivity contribution >= 4 is 65.9 Å². The van der Waals surface area contributed by atoms with E-state index < -0.39 is 0 Å². The maximum Gasteiger partial charge on any atom is 0.242 e. The predicted octanol–water partition coefficient (Wildman–Crippen LogP) is 8.02. The lowest BCUT2D eigenvalue weighted by Gasteiger charge is -2.11. The Morgan fingerprint density at radius 2 is 0.977 bits per heavy atom. The number of aromatic nitrogens is 7. The minimum atomic E-state index is 0.416. The van der Waals surface area contributed by atoms with Gasteiger partial charge in [-0.05, 0) is 24.3 Å². The van der Waals surface area contributed by atoms with Gasteiger partial charge >= 0.3 is 0 Å². The van der Waals surface area contributed by atoms with Gasteiger partial charge in [-0.3, -0.25) is 9.97 Å². The van der Waals surface area contributed by atoms with Gasteiger partial charge in [0, 0.05) is 51.9 Å². The molecule has 0 amide bonds. The highest BCUT2D eigenvalue weighted by molar-refractivity contribution is 6.20. The molecule has 9 heteroatoms. The second-order valence-corrected chi connectivity index (χ2v) is 10.6. The van der Waals surface area contributed by atoms with E-state index in [1.165, 1.54) is 0 Å². The summed E-state index contributed by atoms with van der Waals surface area (Å²) < 4.78 is 16.9. The van der Waals surface area contributed by atoms with Gasteiger partial charge in [-0.25, -0.2) is 9.13 Å². The molecule has 0 unspecified atom stereocenters. The average Bonchev–Trinajstić information content (AvgIpc) is 3.81. The van der Waals surface area contributed by atoms with Crippen molar-refractivity contribution in [3.63, 3.8) is 0 Å². The number of fused-ring (bicyclic) bond motifs is 10. The first-order valence-electron chi connectivity index (χ1n) is 14.2. The van der Waals surface area contributed by atoms with Gasteiger partial charge in [-0.15, -0.1) is 0 Å². The van der Waals surface area contributed by atoms with E-state index in [0.29, 0.717) is 29.1 Å². The molecule has 0 saturated carbocycles. The standard InChI is InChI=1S/C35H19N7O2/c1-2-8-20(9-3-1)31-38-34(41-25-14-16-36-18-23(25)29-21-10-4-6-12-27(21)43-32(29)41)40-35(39-31)42-26-15-17-37-19-24(26)30-22-11-5-7-13-28(22)44-33(30)42/h1-19H. The second kappa shape index (κ2) is 8.59. The molecule has 0 aliphatic heterocycles. The van der Waals surface area contributed by atoms with E-state index in [-0.39, 0.29) is 0 Å². The van der Waals surface area contributed by atoms with Crippen molar-refractivity contribution in [3.8, 4) is 23.3 Å². The lowest BCUT2D eigenvalue weighted by molar-refractivity contribution is 0.636. The zero-order valence-electron chi connectivity index (χ0n) is 22.9. The van der Waals surface area contributed by atoms with Crippen molar-refractivity contribution in [1.29, 1.82) is 0 Å². The molecule has 10 aromatic rings. The summed E-state index contributed by atoms with van der Waals surface area (Å²) in [6.45, 7) is 0. The van der Waals surface area contributed by atoms with Gasteiger partial charge in [-0.2, -0.15) is 15.0 Å². The lowest BCUT2D eigenvalue weighted by atomic mass is 10.1. The van der Waals surface area contributed by atoms with E-state index in [2.05, 4.69) is 22.1 Å². The number of rotatable bonds is 3. The summed E-state index contributed by atoms with van der Waals surface area (Å²) in [5.41, 5.74) is 5.46. The van der Waals surface area contributed by atoms with Crippen molar-refractivity contribution < 1.29 is 8.83 Å². The van der Waals surface area contributed by atoms with E-state index in [1.807, 2.05) is 100 Å². The molecule has 0 aliphatic rings. The van der Waals surface area contributed by atoms with Crippen LogP contribution in [0.5, 0.6) is 0 Å². The van der Waals surface area contributed by atoms with Crippen LogP contribution in [0.3, 0.4) is 0 Å². The normalized spacial score (nSPS) is 12.1. The molecule has 0 bridgehead atoms. The Morgan fingerprint density at radius 1 is 0.477 bits per heavy atom. The van der Waals surface area contributed by atoms with Crippen LogP contribution in [-0.2, 0) is 0 Å². The molecule has 10 rings (SSSR count). The van der Waals surface area contributed by atoms with Crippen LogP contribution in [0.1, 0.15) is 0 Å². The molecule has 7 aromatic heterocycles. The topological polar surface area (TPSA) is 101 Å². The van der Waals surface area contributed by atoms with Gasteiger partial charge in [0.25, 0.3) is 0 Å². The van der Waals surface area contributed by atoms with Crippen molar-refractivity contribution in [3.05, 3.63) is 116 Å². The fourth-order valence-electron chi connectivity index (χ4n) is 6.34. The van der Waals surface area contributed by atoms with Crippen molar-refractivity contribution in [2.45, 2.75) is 0 Å². The van der Waals surface area contributed by atoms with Crippen LogP contribution in [0, 0.1) is 0 Å². The predicted molar refractivity (Wildman–Crippen MR) is 169 cm³/mol. The Kier molecular flexibility index (Phi) is 4.54. The van der Waals surface area contributed by atoms with Crippen LogP contribution in [-0.4, -0.2) is 34.1 Å². The van der Waals surface area contributed by atoms with Crippen LogP contribution >= 0.6 is 0 Å². The third-order valence-electron chi connectivity index (χ3n) is 8.22. The van der Waals surface area contributed by atoms with Crippen molar-refractivity contribution in [1.82, 2.24) is 34.1 Å². The number of pyridine rings is 2. The number of hydrogen-bond donors (Lipinski definition) is 0. The molecule has 0 N–H and O–H groups in total. The molecule has 9 nitrogen and oxygen atoms in total. The van der Waals surface area contributed by atoms with Gasteiger partial charge in [-0.1, -0.05) is 66.7 Å². The minimum Gasteiger partial charge on any atom is -0.439 e. The van der Waals surface area contributed by atoms with Gasteiger partial charge in [0.05, 0.1) is 21.8 Å². The summed E-state index contributed by atoms with van der Waals surface area (Å²) in [6, 6.07) is 29.8. The Morgan fingerprint density at radius 3 is 1.52 bits per heavy atom. The third-order valence-corrected chi connectivity index (χ3v) is 8.22. The maximum absolute atomic E-state index is 6.48.